The van der Waals surface area contributed by atoms with Crippen molar-refractivity contribution in [1.82, 2.24) is 9.55 Å². The smallest absolute Gasteiger partial charge is 0.266 e. The Labute approximate surface area is 187 Å². The van der Waals surface area contributed by atoms with Gasteiger partial charge in [-0.05, 0) is 55.5 Å². The standard InChI is InChI=1S/C25H18BrN3O2/c1-2-28-22-13-12-16(26)14-19(22)20(24(28)30)15-23-27-21-11-7-6-10-18(21)25(31)29(23)17-8-4-3-5-9-17/h3-15H,2H2,1H3/b20-15-. The number of amides is 1. The van der Waals surface area contributed by atoms with Crippen molar-refractivity contribution >= 4 is 50.1 Å². The topological polar surface area (TPSA) is 55.2 Å². The maximum atomic E-state index is 13.4. The van der Waals surface area contributed by atoms with E-state index in [1.54, 1.807) is 21.6 Å². The molecule has 5 nitrogen and oxygen atoms in total. The van der Waals surface area contributed by atoms with Crippen molar-refractivity contribution in [1.29, 1.82) is 0 Å². The molecular formula is C25H18BrN3O2. The van der Waals surface area contributed by atoms with Gasteiger partial charge in [-0.15, -0.1) is 0 Å². The number of nitrogens with zero attached hydrogens (tertiary/aromatic N) is 3. The Kier molecular flexibility index (Phi) is 4.79. The van der Waals surface area contributed by atoms with Crippen LogP contribution in [-0.2, 0) is 4.79 Å². The second kappa shape index (κ2) is 7.63. The molecule has 6 heteroatoms. The molecule has 152 valence electrons. The predicted molar refractivity (Wildman–Crippen MR) is 127 cm³/mol. The molecule has 0 unspecified atom stereocenters. The maximum absolute atomic E-state index is 13.4. The van der Waals surface area contributed by atoms with Gasteiger partial charge < -0.3 is 4.90 Å². The summed E-state index contributed by atoms with van der Waals surface area (Å²) >= 11 is 3.51. The van der Waals surface area contributed by atoms with E-state index >= 15 is 0 Å². The number of aromatic nitrogens is 2. The molecule has 0 aliphatic carbocycles. The number of benzene rings is 3. The summed E-state index contributed by atoms with van der Waals surface area (Å²) in [6.45, 7) is 2.50. The molecule has 2 heterocycles. The van der Waals surface area contributed by atoms with Crippen molar-refractivity contribution < 1.29 is 4.79 Å². The summed E-state index contributed by atoms with van der Waals surface area (Å²) in [4.78, 5) is 33.1. The summed E-state index contributed by atoms with van der Waals surface area (Å²) in [6, 6.07) is 22.4. The van der Waals surface area contributed by atoms with E-state index in [1.807, 2.05) is 73.7 Å². The molecule has 0 radical (unpaired) electrons. The highest BCUT2D eigenvalue weighted by Crippen LogP contribution is 2.39. The molecule has 0 saturated heterocycles. The molecule has 0 saturated carbocycles. The van der Waals surface area contributed by atoms with Gasteiger partial charge in [0.2, 0.25) is 0 Å². The van der Waals surface area contributed by atoms with Crippen LogP contribution in [0.2, 0.25) is 0 Å². The monoisotopic (exact) mass is 471 g/mol. The van der Waals surface area contributed by atoms with Gasteiger partial charge in [-0.25, -0.2) is 4.98 Å². The van der Waals surface area contributed by atoms with Crippen LogP contribution in [0.4, 0.5) is 5.69 Å². The number of hydrogen-bond acceptors (Lipinski definition) is 3. The van der Waals surface area contributed by atoms with Crippen molar-refractivity contribution in [2.24, 2.45) is 0 Å². The maximum Gasteiger partial charge on any atom is 0.266 e. The van der Waals surface area contributed by atoms with Gasteiger partial charge in [0.05, 0.1) is 27.9 Å². The molecule has 0 fully saturated rings. The lowest BCUT2D eigenvalue weighted by molar-refractivity contribution is -0.112. The molecule has 0 N–H and O–H groups in total. The van der Waals surface area contributed by atoms with E-state index in [4.69, 9.17) is 4.98 Å². The molecule has 4 aromatic rings. The Bertz CT molecular complexity index is 1420. The van der Waals surface area contributed by atoms with E-state index in [0.717, 1.165) is 15.7 Å². The second-order valence-corrected chi connectivity index (χ2v) is 8.15. The molecule has 0 bridgehead atoms. The van der Waals surface area contributed by atoms with Crippen LogP contribution in [0.15, 0.2) is 82.1 Å². The van der Waals surface area contributed by atoms with Crippen LogP contribution in [-0.4, -0.2) is 22.0 Å². The van der Waals surface area contributed by atoms with Crippen molar-refractivity contribution in [3.05, 3.63) is 99.0 Å². The first-order valence-electron chi connectivity index (χ1n) is 9.99. The van der Waals surface area contributed by atoms with Gasteiger partial charge in [-0.1, -0.05) is 46.3 Å². The molecule has 0 atom stereocenters. The summed E-state index contributed by atoms with van der Waals surface area (Å²) < 4.78 is 2.45. The van der Waals surface area contributed by atoms with Crippen LogP contribution in [0.3, 0.4) is 0 Å². The average Bonchev–Trinajstić information content (AvgIpc) is 3.04. The molecule has 1 aliphatic heterocycles. The molecular weight excluding hydrogens is 454 g/mol. The number of likely N-dealkylation sites (N-methyl/N-ethyl adjacent to an activating group) is 1. The fourth-order valence-electron chi connectivity index (χ4n) is 3.99. The minimum absolute atomic E-state index is 0.0994. The zero-order valence-corrected chi connectivity index (χ0v) is 18.3. The Balaban J connectivity index is 1.82. The Morgan fingerprint density at radius 3 is 2.48 bits per heavy atom. The summed E-state index contributed by atoms with van der Waals surface area (Å²) in [6.07, 6.45) is 1.73. The van der Waals surface area contributed by atoms with Crippen LogP contribution in [0, 0.1) is 0 Å². The van der Waals surface area contributed by atoms with Gasteiger partial charge in [0.1, 0.15) is 5.82 Å². The molecule has 0 spiro atoms. The van der Waals surface area contributed by atoms with E-state index in [1.165, 1.54) is 0 Å². The zero-order chi connectivity index (χ0) is 21.5. The van der Waals surface area contributed by atoms with Crippen molar-refractivity contribution in [3.8, 4) is 5.69 Å². The number of para-hydroxylation sites is 2. The molecule has 1 amide bonds. The van der Waals surface area contributed by atoms with Crippen molar-refractivity contribution in [2.45, 2.75) is 6.92 Å². The number of fused-ring (bicyclic) bond motifs is 2. The second-order valence-electron chi connectivity index (χ2n) is 7.23. The fraction of sp³-hybridized carbons (Fsp3) is 0.0800. The first-order chi connectivity index (χ1) is 15.1. The van der Waals surface area contributed by atoms with Crippen LogP contribution in [0.25, 0.3) is 28.2 Å². The lowest BCUT2D eigenvalue weighted by Gasteiger charge is -2.14. The quantitative estimate of drug-likeness (QED) is 0.392. The van der Waals surface area contributed by atoms with Gasteiger partial charge >= 0.3 is 0 Å². The number of rotatable bonds is 3. The van der Waals surface area contributed by atoms with E-state index in [9.17, 15) is 9.59 Å². The third-order valence-electron chi connectivity index (χ3n) is 5.42. The highest BCUT2D eigenvalue weighted by molar-refractivity contribution is 9.10. The van der Waals surface area contributed by atoms with E-state index in [2.05, 4.69) is 15.9 Å². The first-order valence-corrected chi connectivity index (χ1v) is 10.8. The predicted octanol–water partition coefficient (Wildman–Crippen LogP) is 5.06. The van der Waals surface area contributed by atoms with Gasteiger partial charge in [0.15, 0.2) is 0 Å². The summed E-state index contributed by atoms with van der Waals surface area (Å²) in [5.74, 6) is 0.319. The minimum atomic E-state index is -0.170. The highest BCUT2D eigenvalue weighted by atomic mass is 79.9. The van der Waals surface area contributed by atoms with Gasteiger partial charge in [-0.2, -0.15) is 0 Å². The largest absolute Gasteiger partial charge is 0.308 e. The third kappa shape index (κ3) is 3.20. The lowest BCUT2D eigenvalue weighted by atomic mass is 10.1. The average molecular weight is 472 g/mol. The molecule has 31 heavy (non-hydrogen) atoms. The Hall–Kier alpha value is -3.51. The van der Waals surface area contributed by atoms with E-state index in [0.29, 0.717) is 34.5 Å². The summed E-state index contributed by atoms with van der Waals surface area (Å²) in [7, 11) is 0. The zero-order valence-electron chi connectivity index (χ0n) is 16.7. The normalized spacial score (nSPS) is 14.5. The minimum Gasteiger partial charge on any atom is -0.308 e. The number of halogens is 1. The number of anilines is 1. The van der Waals surface area contributed by atoms with Crippen molar-refractivity contribution in [3.63, 3.8) is 0 Å². The molecule has 1 aromatic heterocycles. The van der Waals surface area contributed by atoms with Crippen LogP contribution < -0.4 is 10.5 Å². The molecule has 1 aliphatic rings. The van der Waals surface area contributed by atoms with Crippen molar-refractivity contribution in [2.75, 3.05) is 11.4 Å². The van der Waals surface area contributed by atoms with Gasteiger partial charge in [-0.3, -0.25) is 14.2 Å². The number of carbonyl (C=O) groups excluding carboxylic acids is 1. The molecule has 5 rings (SSSR count). The van der Waals surface area contributed by atoms with Crippen LogP contribution >= 0.6 is 15.9 Å². The van der Waals surface area contributed by atoms with Gasteiger partial charge in [0.25, 0.3) is 11.5 Å². The summed E-state index contributed by atoms with van der Waals surface area (Å²) in [5.41, 5.74) is 3.32. The van der Waals surface area contributed by atoms with Crippen LogP contribution in [0.1, 0.15) is 18.3 Å². The number of carbonyl (C=O) groups is 1. The number of hydrogen-bond donors (Lipinski definition) is 0. The Morgan fingerprint density at radius 1 is 0.968 bits per heavy atom. The Morgan fingerprint density at radius 2 is 1.71 bits per heavy atom. The van der Waals surface area contributed by atoms with Crippen LogP contribution in [0.5, 0.6) is 0 Å². The van der Waals surface area contributed by atoms with Gasteiger partial charge in [0, 0.05) is 16.6 Å². The lowest BCUT2D eigenvalue weighted by Crippen LogP contribution is -2.26. The van der Waals surface area contributed by atoms with E-state index in [-0.39, 0.29) is 11.5 Å². The third-order valence-corrected chi connectivity index (χ3v) is 5.91. The fourth-order valence-corrected chi connectivity index (χ4v) is 4.35. The highest BCUT2D eigenvalue weighted by Gasteiger charge is 2.32. The van der Waals surface area contributed by atoms with E-state index < -0.39 is 0 Å². The summed E-state index contributed by atoms with van der Waals surface area (Å²) in [5, 5.41) is 0.532. The molecule has 3 aromatic carbocycles. The SMILES string of the molecule is CCN1C(=O)/C(=C\c2nc3ccccc3c(=O)n2-c2ccccc2)c2cc(Br)ccc21. The first kappa shape index (κ1) is 19.5.